The molecule has 4 heteroatoms. The fraction of sp³-hybridized carbons (Fsp3) is 0.389. The Hall–Kier alpha value is -2.07. The second-order valence-corrected chi connectivity index (χ2v) is 5.54. The van der Waals surface area contributed by atoms with Gasteiger partial charge in [0, 0.05) is 16.5 Å². The molecular formula is C18H23NO3. The van der Waals surface area contributed by atoms with Crippen LogP contribution in [0.2, 0.25) is 0 Å². The Kier molecular flexibility index (Phi) is 5.39. The van der Waals surface area contributed by atoms with Crippen molar-refractivity contribution in [1.29, 1.82) is 0 Å². The zero-order valence-electron chi connectivity index (χ0n) is 12.9. The summed E-state index contributed by atoms with van der Waals surface area (Å²) in [6, 6.07) is 7.96. The molecule has 2 fully saturated rings. The summed E-state index contributed by atoms with van der Waals surface area (Å²) < 4.78 is 5.10. The van der Waals surface area contributed by atoms with Crippen molar-refractivity contribution in [3.05, 3.63) is 41.1 Å². The van der Waals surface area contributed by atoms with E-state index in [0.29, 0.717) is 12.3 Å². The molecule has 3 N–H and O–H groups in total. The fourth-order valence-corrected chi connectivity index (χ4v) is 2.10. The fourth-order valence-electron chi connectivity index (χ4n) is 2.10. The molecule has 1 aromatic carbocycles. The molecule has 2 aliphatic carbocycles. The summed E-state index contributed by atoms with van der Waals surface area (Å²) in [6.45, 7) is 2.21. The number of fused-ring (bicyclic) bond motifs is 1. The van der Waals surface area contributed by atoms with Gasteiger partial charge in [0.05, 0.1) is 6.61 Å². The number of aromatic amines is 1. The highest BCUT2D eigenvalue weighted by molar-refractivity contribution is 6.02. The Morgan fingerprint density at radius 3 is 2.50 bits per heavy atom. The van der Waals surface area contributed by atoms with Crippen LogP contribution in [0.1, 0.15) is 55.1 Å². The average Bonchev–Trinajstić information content (AvgIpc) is 3.37. The van der Waals surface area contributed by atoms with Crippen LogP contribution in [-0.2, 0) is 4.74 Å². The molecule has 118 valence electrons. The highest BCUT2D eigenvalue weighted by atomic mass is 16.5. The number of hydrogen-bond acceptors (Lipinski definition) is 2. The van der Waals surface area contributed by atoms with Crippen LogP contribution in [0.3, 0.4) is 0 Å². The summed E-state index contributed by atoms with van der Waals surface area (Å²) in [5.41, 5.74) is 3.91. The zero-order valence-corrected chi connectivity index (χ0v) is 12.9. The summed E-state index contributed by atoms with van der Waals surface area (Å²) >= 11 is 0. The van der Waals surface area contributed by atoms with E-state index in [9.17, 15) is 4.79 Å². The normalized spacial score (nSPS) is 14.5. The quantitative estimate of drug-likeness (QED) is 0.874. The third-order valence-electron chi connectivity index (χ3n) is 3.47. The van der Waals surface area contributed by atoms with Gasteiger partial charge in [0.2, 0.25) is 0 Å². The van der Waals surface area contributed by atoms with Gasteiger partial charge in [0.25, 0.3) is 0 Å². The van der Waals surface area contributed by atoms with Gasteiger partial charge in [0.1, 0.15) is 5.69 Å². The van der Waals surface area contributed by atoms with Gasteiger partial charge in [-0.3, -0.25) is 0 Å². The van der Waals surface area contributed by atoms with Crippen molar-refractivity contribution >= 4 is 22.9 Å². The van der Waals surface area contributed by atoms with Crippen molar-refractivity contribution in [1.82, 2.24) is 4.98 Å². The van der Waals surface area contributed by atoms with Gasteiger partial charge in [-0.05, 0) is 25.8 Å². The van der Waals surface area contributed by atoms with Gasteiger partial charge >= 0.3 is 5.97 Å². The molecule has 4 rings (SSSR count). The van der Waals surface area contributed by atoms with Gasteiger partial charge in [0.15, 0.2) is 0 Å². The molecule has 0 atom stereocenters. The SMILES string of the molecule is C1CC1.CCOC(=O)c1[nH]c2ccccc2c1C=C1CC1.O. The summed E-state index contributed by atoms with van der Waals surface area (Å²) in [5, 5.41) is 1.08. The zero-order chi connectivity index (χ0) is 14.7. The minimum atomic E-state index is -0.277. The van der Waals surface area contributed by atoms with Crippen molar-refractivity contribution in [2.45, 2.75) is 39.0 Å². The number of carbonyl (C=O) groups excluding carboxylic acids is 1. The molecule has 0 amide bonds. The number of hydrogen-bond donors (Lipinski definition) is 1. The third kappa shape index (κ3) is 3.98. The summed E-state index contributed by atoms with van der Waals surface area (Å²) in [7, 11) is 0. The van der Waals surface area contributed by atoms with E-state index in [-0.39, 0.29) is 11.4 Å². The molecule has 0 spiro atoms. The van der Waals surface area contributed by atoms with Gasteiger partial charge in [-0.15, -0.1) is 0 Å². The number of para-hydroxylation sites is 1. The Bertz CT molecular complexity index is 674. The van der Waals surface area contributed by atoms with Crippen LogP contribution in [-0.4, -0.2) is 23.0 Å². The number of H-pyrrole nitrogens is 1. The molecule has 0 aliphatic heterocycles. The minimum Gasteiger partial charge on any atom is -0.461 e. The molecule has 1 heterocycles. The van der Waals surface area contributed by atoms with Crippen LogP contribution >= 0.6 is 0 Å². The topological polar surface area (TPSA) is 73.6 Å². The first-order chi connectivity index (χ1) is 10.3. The monoisotopic (exact) mass is 301 g/mol. The van der Waals surface area contributed by atoms with Crippen molar-refractivity contribution in [3.63, 3.8) is 0 Å². The van der Waals surface area contributed by atoms with Crippen LogP contribution in [0.4, 0.5) is 0 Å². The van der Waals surface area contributed by atoms with E-state index in [1.54, 1.807) is 0 Å². The molecule has 0 unspecified atom stereocenters. The lowest BCUT2D eigenvalue weighted by atomic mass is 10.1. The maximum atomic E-state index is 12.0. The number of nitrogens with one attached hydrogen (secondary N) is 1. The molecule has 2 aromatic rings. The van der Waals surface area contributed by atoms with Crippen LogP contribution in [0.5, 0.6) is 0 Å². The Balaban J connectivity index is 0.000000395. The van der Waals surface area contributed by atoms with E-state index in [2.05, 4.69) is 11.1 Å². The van der Waals surface area contributed by atoms with Gasteiger partial charge in [-0.1, -0.05) is 49.1 Å². The highest BCUT2D eigenvalue weighted by Crippen LogP contribution is 2.34. The summed E-state index contributed by atoms with van der Waals surface area (Å²) in [6.07, 6.45) is 8.90. The molecular weight excluding hydrogens is 278 g/mol. The maximum Gasteiger partial charge on any atom is 0.355 e. The largest absolute Gasteiger partial charge is 0.461 e. The number of esters is 1. The van der Waals surface area contributed by atoms with Gasteiger partial charge in [-0.2, -0.15) is 0 Å². The smallest absolute Gasteiger partial charge is 0.355 e. The maximum absolute atomic E-state index is 12.0. The number of allylic oxidation sites excluding steroid dienone is 1. The molecule has 1 aromatic heterocycles. The number of ether oxygens (including phenoxy) is 1. The second kappa shape index (κ2) is 7.27. The standard InChI is InChI=1S/C15H15NO2.C3H6.H2O/c1-2-18-15(17)14-12(9-10-7-8-10)11-5-3-4-6-13(11)16-14;1-2-3-1;/h3-6,9,16H,2,7-8H2,1H3;1-3H2;1H2. The lowest BCUT2D eigenvalue weighted by Gasteiger charge is -2.00. The Labute approximate surface area is 130 Å². The highest BCUT2D eigenvalue weighted by Gasteiger charge is 2.20. The second-order valence-electron chi connectivity index (χ2n) is 5.54. The first kappa shape index (κ1) is 16.3. The van der Waals surface area contributed by atoms with E-state index in [1.807, 2.05) is 31.2 Å². The molecule has 2 aliphatic rings. The molecule has 0 bridgehead atoms. The number of benzene rings is 1. The predicted octanol–water partition coefficient (Wildman–Crippen LogP) is 3.87. The van der Waals surface area contributed by atoms with Crippen molar-refractivity contribution in [3.8, 4) is 0 Å². The number of aromatic nitrogens is 1. The van der Waals surface area contributed by atoms with Crippen LogP contribution in [0, 0.1) is 0 Å². The van der Waals surface area contributed by atoms with Crippen molar-refractivity contribution in [2.75, 3.05) is 6.61 Å². The van der Waals surface area contributed by atoms with Crippen LogP contribution in [0.25, 0.3) is 17.0 Å². The molecule has 2 saturated carbocycles. The lowest BCUT2D eigenvalue weighted by molar-refractivity contribution is 0.0520. The van der Waals surface area contributed by atoms with Gasteiger partial charge in [-0.25, -0.2) is 4.79 Å². The van der Waals surface area contributed by atoms with E-state index >= 15 is 0 Å². The van der Waals surface area contributed by atoms with E-state index < -0.39 is 0 Å². The Morgan fingerprint density at radius 2 is 1.91 bits per heavy atom. The summed E-state index contributed by atoms with van der Waals surface area (Å²) in [5.74, 6) is -0.277. The minimum absolute atomic E-state index is 0. The molecule has 22 heavy (non-hydrogen) atoms. The lowest BCUT2D eigenvalue weighted by Crippen LogP contribution is -2.06. The average molecular weight is 301 g/mol. The summed E-state index contributed by atoms with van der Waals surface area (Å²) in [4.78, 5) is 15.1. The van der Waals surface area contributed by atoms with E-state index in [4.69, 9.17) is 4.74 Å². The number of carbonyl (C=O) groups is 1. The van der Waals surface area contributed by atoms with Crippen LogP contribution < -0.4 is 0 Å². The van der Waals surface area contributed by atoms with Crippen molar-refractivity contribution in [2.24, 2.45) is 0 Å². The van der Waals surface area contributed by atoms with Gasteiger partial charge < -0.3 is 15.2 Å². The molecule has 4 nitrogen and oxygen atoms in total. The van der Waals surface area contributed by atoms with E-state index in [0.717, 1.165) is 29.3 Å². The van der Waals surface area contributed by atoms with Crippen LogP contribution in [0.15, 0.2) is 29.8 Å². The first-order valence-electron chi connectivity index (χ1n) is 7.77. The van der Waals surface area contributed by atoms with Crippen molar-refractivity contribution < 1.29 is 15.0 Å². The predicted molar refractivity (Wildman–Crippen MR) is 88.9 cm³/mol. The third-order valence-corrected chi connectivity index (χ3v) is 3.47. The Morgan fingerprint density at radius 1 is 1.23 bits per heavy atom. The molecule has 0 radical (unpaired) electrons. The molecule has 0 saturated heterocycles. The first-order valence-corrected chi connectivity index (χ1v) is 7.77. The number of rotatable bonds is 3. The van der Waals surface area contributed by atoms with E-state index in [1.165, 1.54) is 24.8 Å².